The van der Waals surface area contributed by atoms with Crippen LogP contribution in [0.15, 0.2) is 0 Å². The first-order valence-electron chi connectivity index (χ1n) is 5.58. The van der Waals surface area contributed by atoms with Crippen molar-refractivity contribution in [3.63, 3.8) is 0 Å². The highest BCUT2D eigenvalue weighted by atomic mass is 16.1. The van der Waals surface area contributed by atoms with Crippen LogP contribution < -0.4 is 0 Å². The fraction of sp³-hybridized carbons (Fsp3) is 0.917. The Kier molecular flexibility index (Phi) is 3.52. The molecule has 1 nitrogen and oxygen atoms in total. The minimum atomic E-state index is 0.0303. The molecular formula is C12H22O. The van der Waals surface area contributed by atoms with Gasteiger partial charge < -0.3 is 0 Å². The summed E-state index contributed by atoms with van der Waals surface area (Å²) in [5.41, 5.74) is 0.0303. The van der Waals surface area contributed by atoms with Gasteiger partial charge in [-0.1, -0.05) is 40.0 Å². The Balaban J connectivity index is 2.51. The molecule has 13 heavy (non-hydrogen) atoms. The molecule has 1 aliphatic carbocycles. The Morgan fingerprint density at radius 1 is 1.23 bits per heavy atom. The summed E-state index contributed by atoms with van der Waals surface area (Å²) in [6.45, 7) is 6.42. The predicted octanol–water partition coefficient (Wildman–Crippen LogP) is 3.57. The molecule has 1 rings (SSSR count). The van der Waals surface area contributed by atoms with E-state index in [0.29, 0.717) is 11.7 Å². The summed E-state index contributed by atoms with van der Waals surface area (Å²) in [7, 11) is 0. The molecule has 1 heteroatoms. The lowest BCUT2D eigenvalue weighted by Gasteiger charge is -2.32. The molecular weight excluding hydrogens is 160 g/mol. The van der Waals surface area contributed by atoms with Crippen molar-refractivity contribution in [3.8, 4) is 0 Å². The normalized spacial score (nSPS) is 21.8. The van der Waals surface area contributed by atoms with Gasteiger partial charge in [0.15, 0.2) is 0 Å². The van der Waals surface area contributed by atoms with E-state index in [2.05, 4.69) is 20.8 Å². The Bertz CT molecular complexity index is 176. The van der Waals surface area contributed by atoms with Crippen LogP contribution >= 0.6 is 0 Å². The quantitative estimate of drug-likeness (QED) is 0.652. The molecule has 0 atom stereocenters. The number of carbonyl (C=O) groups excluding carboxylic acids is 1. The molecule has 0 bridgehead atoms. The standard InChI is InChI=1S/C12H22O/c1-10(2)9-11(13)12(3)7-5-4-6-8-12/h10H,4-9H2,1-3H3. The van der Waals surface area contributed by atoms with Crippen LogP contribution in [-0.4, -0.2) is 5.78 Å². The predicted molar refractivity (Wildman–Crippen MR) is 55.7 cm³/mol. The van der Waals surface area contributed by atoms with Gasteiger partial charge in [0, 0.05) is 11.8 Å². The number of rotatable bonds is 3. The Labute approximate surface area is 81.9 Å². The fourth-order valence-electron chi connectivity index (χ4n) is 2.23. The van der Waals surface area contributed by atoms with Crippen molar-refractivity contribution in [2.75, 3.05) is 0 Å². The fourth-order valence-corrected chi connectivity index (χ4v) is 2.23. The molecule has 1 fully saturated rings. The van der Waals surface area contributed by atoms with E-state index in [-0.39, 0.29) is 5.41 Å². The molecule has 0 unspecified atom stereocenters. The van der Waals surface area contributed by atoms with Gasteiger partial charge in [0.05, 0.1) is 0 Å². The minimum Gasteiger partial charge on any atom is -0.299 e. The number of Topliss-reactive ketones (excluding diaryl/α,β-unsaturated/α-hetero) is 1. The second kappa shape index (κ2) is 4.26. The number of ketones is 1. The maximum Gasteiger partial charge on any atom is 0.139 e. The van der Waals surface area contributed by atoms with Crippen molar-refractivity contribution in [3.05, 3.63) is 0 Å². The van der Waals surface area contributed by atoms with Crippen molar-refractivity contribution >= 4 is 5.78 Å². The average Bonchev–Trinajstić information content (AvgIpc) is 2.04. The van der Waals surface area contributed by atoms with Gasteiger partial charge in [0.25, 0.3) is 0 Å². The van der Waals surface area contributed by atoms with E-state index in [1.54, 1.807) is 0 Å². The van der Waals surface area contributed by atoms with Gasteiger partial charge in [-0.05, 0) is 18.8 Å². The zero-order chi connectivity index (χ0) is 9.90. The highest BCUT2D eigenvalue weighted by Crippen LogP contribution is 2.37. The molecule has 0 heterocycles. The first-order chi connectivity index (χ1) is 6.04. The summed E-state index contributed by atoms with van der Waals surface area (Å²) in [4.78, 5) is 11.9. The van der Waals surface area contributed by atoms with Crippen LogP contribution in [0.3, 0.4) is 0 Å². The summed E-state index contributed by atoms with van der Waals surface area (Å²) >= 11 is 0. The molecule has 0 spiro atoms. The maximum atomic E-state index is 11.9. The van der Waals surface area contributed by atoms with Crippen molar-refractivity contribution in [1.29, 1.82) is 0 Å². The first-order valence-corrected chi connectivity index (χ1v) is 5.58. The van der Waals surface area contributed by atoms with E-state index in [1.807, 2.05) is 0 Å². The first kappa shape index (κ1) is 10.7. The molecule has 0 radical (unpaired) electrons. The topological polar surface area (TPSA) is 17.1 Å². The van der Waals surface area contributed by atoms with Crippen LogP contribution in [0, 0.1) is 11.3 Å². The van der Waals surface area contributed by atoms with Gasteiger partial charge in [0.1, 0.15) is 5.78 Å². The van der Waals surface area contributed by atoms with Gasteiger partial charge in [-0.25, -0.2) is 0 Å². The highest BCUT2D eigenvalue weighted by molar-refractivity contribution is 5.84. The summed E-state index contributed by atoms with van der Waals surface area (Å²) in [5, 5.41) is 0. The van der Waals surface area contributed by atoms with E-state index in [1.165, 1.54) is 19.3 Å². The zero-order valence-electron chi connectivity index (χ0n) is 9.23. The number of hydrogen-bond acceptors (Lipinski definition) is 1. The Morgan fingerprint density at radius 3 is 2.23 bits per heavy atom. The van der Waals surface area contributed by atoms with Crippen LogP contribution in [0.5, 0.6) is 0 Å². The van der Waals surface area contributed by atoms with Crippen LogP contribution in [0.4, 0.5) is 0 Å². The molecule has 0 aromatic heterocycles. The SMILES string of the molecule is CC(C)CC(=O)C1(C)CCCCC1. The third kappa shape index (κ3) is 2.82. The summed E-state index contributed by atoms with van der Waals surface area (Å²) in [6.07, 6.45) is 6.85. The van der Waals surface area contributed by atoms with Gasteiger partial charge in [-0.2, -0.15) is 0 Å². The second-order valence-corrected chi connectivity index (χ2v) is 5.14. The van der Waals surface area contributed by atoms with Gasteiger partial charge in [-0.15, -0.1) is 0 Å². The lowest BCUT2D eigenvalue weighted by atomic mass is 9.71. The molecule has 1 aliphatic rings. The smallest absolute Gasteiger partial charge is 0.139 e. The molecule has 0 N–H and O–H groups in total. The zero-order valence-corrected chi connectivity index (χ0v) is 9.23. The molecule has 0 amide bonds. The molecule has 76 valence electrons. The van der Waals surface area contributed by atoms with E-state index in [9.17, 15) is 4.79 Å². The maximum absolute atomic E-state index is 11.9. The third-order valence-electron chi connectivity index (χ3n) is 3.22. The molecule has 1 saturated carbocycles. The largest absolute Gasteiger partial charge is 0.299 e. The lowest BCUT2D eigenvalue weighted by molar-refractivity contribution is -0.130. The van der Waals surface area contributed by atoms with Crippen molar-refractivity contribution in [2.45, 2.75) is 59.3 Å². The monoisotopic (exact) mass is 182 g/mol. The number of carbonyl (C=O) groups is 1. The Morgan fingerprint density at radius 2 is 1.77 bits per heavy atom. The summed E-state index contributed by atoms with van der Waals surface area (Å²) < 4.78 is 0. The molecule has 0 aromatic carbocycles. The van der Waals surface area contributed by atoms with E-state index in [4.69, 9.17) is 0 Å². The molecule has 0 aliphatic heterocycles. The second-order valence-electron chi connectivity index (χ2n) is 5.14. The summed E-state index contributed by atoms with van der Waals surface area (Å²) in [5.74, 6) is 1.02. The van der Waals surface area contributed by atoms with E-state index in [0.717, 1.165) is 19.3 Å². The van der Waals surface area contributed by atoms with Crippen molar-refractivity contribution < 1.29 is 4.79 Å². The average molecular weight is 182 g/mol. The Hall–Kier alpha value is -0.330. The number of hydrogen-bond donors (Lipinski definition) is 0. The van der Waals surface area contributed by atoms with Crippen LogP contribution in [0.2, 0.25) is 0 Å². The molecule has 0 saturated heterocycles. The summed E-state index contributed by atoms with van der Waals surface area (Å²) in [6, 6.07) is 0. The van der Waals surface area contributed by atoms with Crippen molar-refractivity contribution in [1.82, 2.24) is 0 Å². The molecule has 0 aromatic rings. The van der Waals surface area contributed by atoms with Crippen LogP contribution in [0.25, 0.3) is 0 Å². The van der Waals surface area contributed by atoms with Crippen molar-refractivity contribution in [2.24, 2.45) is 11.3 Å². The van der Waals surface area contributed by atoms with Crippen LogP contribution in [0.1, 0.15) is 59.3 Å². The van der Waals surface area contributed by atoms with Crippen LogP contribution in [-0.2, 0) is 4.79 Å². The third-order valence-corrected chi connectivity index (χ3v) is 3.22. The van der Waals surface area contributed by atoms with E-state index >= 15 is 0 Å². The lowest BCUT2D eigenvalue weighted by Crippen LogP contribution is -2.30. The minimum absolute atomic E-state index is 0.0303. The highest BCUT2D eigenvalue weighted by Gasteiger charge is 2.33. The van der Waals surface area contributed by atoms with Gasteiger partial charge in [0.2, 0.25) is 0 Å². The van der Waals surface area contributed by atoms with Gasteiger partial charge >= 0.3 is 0 Å². The van der Waals surface area contributed by atoms with E-state index < -0.39 is 0 Å². The van der Waals surface area contributed by atoms with Gasteiger partial charge in [-0.3, -0.25) is 4.79 Å².